The molecule has 3 N–H and O–H groups in total. The Kier molecular flexibility index (Phi) is 5.96. The van der Waals surface area contributed by atoms with Gasteiger partial charge in [-0.25, -0.2) is 0 Å². The molecule has 2 saturated heterocycles. The number of aromatic amines is 1. The molecule has 0 saturated carbocycles. The van der Waals surface area contributed by atoms with Crippen LogP contribution in [-0.4, -0.2) is 64.5 Å². The van der Waals surface area contributed by atoms with Crippen molar-refractivity contribution in [3.05, 3.63) is 17.5 Å². The van der Waals surface area contributed by atoms with Gasteiger partial charge in [0.15, 0.2) is 0 Å². The molecule has 144 valence electrons. The number of carbonyl (C=O) groups excluding carboxylic acids is 2. The number of piperidine rings is 2. The second-order valence-electron chi connectivity index (χ2n) is 8.04. The maximum Gasteiger partial charge on any atom is 0.231 e. The molecular weight excluding hydrogens is 330 g/mol. The SMILES string of the molecule is CC(C)c1cc(C2CCN(C(=O)[C@@H]3CCCN(CC(N)=O)C3)CC2)[nH]n1. The van der Waals surface area contributed by atoms with Crippen LogP contribution in [0.5, 0.6) is 0 Å². The van der Waals surface area contributed by atoms with Gasteiger partial charge in [0.25, 0.3) is 0 Å². The van der Waals surface area contributed by atoms with Crippen molar-refractivity contribution in [1.29, 1.82) is 0 Å². The van der Waals surface area contributed by atoms with E-state index in [9.17, 15) is 9.59 Å². The fourth-order valence-electron chi connectivity index (χ4n) is 4.15. The quantitative estimate of drug-likeness (QED) is 0.829. The monoisotopic (exact) mass is 361 g/mol. The molecule has 7 heteroatoms. The van der Waals surface area contributed by atoms with Crippen LogP contribution in [0.2, 0.25) is 0 Å². The summed E-state index contributed by atoms with van der Waals surface area (Å²) in [5.74, 6) is 0.803. The van der Waals surface area contributed by atoms with Gasteiger partial charge in [-0.05, 0) is 44.2 Å². The van der Waals surface area contributed by atoms with Crippen LogP contribution in [0.4, 0.5) is 0 Å². The second kappa shape index (κ2) is 8.20. The van der Waals surface area contributed by atoms with E-state index < -0.39 is 0 Å². The van der Waals surface area contributed by atoms with E-state index in [2.05, 4.69) is 30.1 Å². The third kappa shape index (κ3) is 4.44. The number of nitrogens with zero attached hydrogens (tertiary/aromatic N) is 3. The van der Waals surface area contributed by atoms with Gasteiger partial charge in [-0.2, -0.15) is 5.10 Å². The van der Waals surface area contributed by atoms with Crippen molar-refractivity contribution < 1.29 is 9.59 Å². The Hall–Kier alpha value is -1.89. The lowest BCUT2D eigenvalue weighted by Gasteiger charge is -2.37. The lowest BCUT2D eigenvalue weighted by atomic mass is 9.90. The minimum absolute atomic E-state index is 0.000604. The van der Waals surface area contributed by atoms with Gasteiger partial charge in [0.2, 0.25) is 11.8 Å². The summed E-state index contributed by atoms with van der Waals surface area (Å²) in [6, 6.07) is 2.18. The third-order valence-corrected chi connectivity index (χ3v) is 5.69. The van der Waals surface area contributed by atoms with E-state index in [4.69, 9.17) is 5.73 Å². The van der Waals surface area contributed by atoms with Crippen LogP contribution in [-0.2, 0) is 9.59 Å². The summed E-state index contributed by atoms with van der Waals surface area (Å²) in [6.45, 7) is 7.65. The molecule has 7 nitrogen and oxygen atoms in total. The normalized spacial score (nSPS) is 22.7. The molecule has 26 heavy (non-hydrogen) atoms. The Morgan fingerprint density at radius 2 is 2.00 bits per heavy atom. The number of H-pyrrole nitrogens is 1. The Labute approximate surface area is 155 Å². The molecule has 0 unspecified atom stereocenters. The van der Waals surface area contributed by atoms with Crippen LogP contribution in [0.1, 0.15) is 62.8 Å². The lowest BCUT2D eigenvalue weighted by Crippen LogP contribution is -2.48. The fraction of sp³-hybridized carbons (Fsp3) is 0.737. The number of hydrogen-bond acceptors (Lipinski definition) is 4. The Balaban J connectivity index is 1.52. The zero-order chi connectivity index (χ0) is 18.7. The standard InChI is InChI=1S/C19H31N5O2/c1-13(2)16-10-17(22-21-16)14-5-8-24(9-6-14)19(26)15-4-3-7-23(11-15)12-18(20)25/h10,13-15H,3-9,11-12H2,1-2H3,(H2,20,25)(H,21,22)/t15-/m1/s1. The first kappa shape index (κ1) is 18.9. The largest absolute Gasteiger partial charge is 0.369 e. The molecule has 3 heterocycles. The molecule has 0 radical (unpaired) electrons. The topological polar surface area (TPSA) is 95.3 Å². The van der Waals surface area contributed by atoms with Gasteiger partial charge in [0, 0.05) is 31.2 Å². The highest BCUT2D eigenvalue weighted by Crippen LogP contribution is 2.29. The van der Waals surface area contributed by atoms with E-state index in [0.717, 1.165) is 51.0 Å². The highest BCUT2D eigenvalue weighted by Gasteiger charge is 2.32. The maximum atomic E-state index is 12.9. The van der Waals surface area contributed by atoms with Gasteiger partial charge in [-0.15, -0.1) is 0 Å². The fourth-order valence-corrected chi connectivity index (χ4v) is 4.15. The summed E-state index contributed by atoms with van der Waals surface area (Å²) >= 11 is 0. The molecule has 2 fully saturated rings. The molecule has 0 aromatic carbocycles. The predicted molar refractivity (Wildman–Crippen MR) is 99.6 cm³/mol. The predicted octanol–water partition coefficient (Wildman–Crippen LogP) is 1.44. The van der Waals surface area contributed by atoms with Crippen molar-refractivity contribution in [2.45, 2.75) is 51.4 Å². The van der Waals surface area contributed by atoms with Crippen LogP contribution in [0, 0.1) is 5.92 Å². The lowest BCUT2D eigenvalue weighted by molar-refractivity contribution is -0.139. The number of aromatic nitrogens is 2. The van der Waals surface area contributed by atoms with Gasteiger partial charge in [-0.1, -0.05) is 13.8 Å². The number of nitrogens with one attached hydrogen (secondary N) is 1. The molecule has 2 amide bonds. The molecule has 0 spiro atoms. The number of likely N-dealkylation sites (tertiary alicyclic amines) is 2. The average molecular weight is 361 g/mol. The number of hydrogen-bond donors (Lipinski definition) is 2. The van der Waals surface area contributed by atoms with Gasteiger partial charge in [0.05, 0.1) is 18.2 Å². The minimum Gasteiger partial charge on any atom is -0.369 e. The first-order chi connectivity index (χ1) is 12.4. The molecule has 2 aliphatic heterocycles. The summed E-state index contributed by atoms with van der Waals surface area (Å²) in [7, 11) is 0. The number of amides is 2. The Morgan fingerprint density at radius 1 is 1.27 bits per heavy atom. The van der Waals surface area contributed by atoms with Crippen molar-refractivity contribution in [1.82, 2.24) is 20.0 Å². The first-order valence-electron chi connectivity index (χ1n) is 9.78. The smallest absolute Gasteiger partial charge is 0.231 e. The molecule has 2 aliphatic rings. The molecule has 0 bridgehead atoms. The maximum absolute atomic E-state index is 12.9. The number of carbonyl (C=O) groups is 2. The first-order valence-corrected chi connectivity index (χ1v) is 9.78. The zero-order valence-corrected chi connectivity index (χ0v) is 15.9. The van der Waals surface area contributed by atoms with E-state index in [1.807, 2.05) is 9.80 Å². The van der Waals surface area contributed by atoms with Gasteiger partial charge in [0.1, 0.15) is 0 Å². The van der Waals surface area contributed by atoms with Crippen LogP contribution in [0.15, 0.2) is 6.07 Å². The van der Waals surface area contributed by atoms with Crippen LogP contribution in [0.25, 0.3) is 0 Å². The highest BCUT2D eigenvalue weighted by atomic mass is 16.2. The summed E-state index contributed by atoms with van der Waals surface area (Å²) in [6.07, 6.45) is 3.81. The van der Waals surface area contributed by atoms with E-state index in [1.54, 1.807) is 0 Å². The van der Waals surface area contributed by atoms with E-state index in [-0.39, 0.29) is 24.3 Å². The summed E-state index contributed by atoms with van der Waals surface area (Å²) < 4.78 is 0. The highest BCUT2D eigenvalue weighted by molar-refractivity contribution is 5.80. The number of primary amides is 1. The molecule has 1 aromatic heterocycles. The van der Waals surface area contributed by atoms with E-state index >= 15 is 0 Å². The van der Waals surface area contributed by atoms with Crippen molar-refractivity contribution in [3.8, 4) is 0 Å². The molecule has 0 aliphatic carbocycles. The van der Waals surface area contributed by atoms with Crippen molar-refractivity contribution in [2.24, 2.45) is 11.7 Å². The molecular formula is C19H31N5O2. The van der Waals surface area contributed by atoms with Crippen LogP contribution >= 0.6 is 0 Å². The second-order valence-corrected chi connectivity index (χ2v) is 8.04. The van der Waals surface area contributed by atoms with Crippen LogP contribution < -0.4 is 5.73 Å². The van der Waals surface area contributed by atoms with Gasteiger partial charge < -0.3 is 10.6 Å². The summed E-state index contributed by atoms with van der Waals surface area (Å²) in [5, 5.41) is 7.59. The molecule has 1 aromatic rings. The Bertz CT molecular complexity index is 634. The van der Waals surface area contributed by atoms with Gasteiger partial charge >= 0.3 is 0 Å². The van der Waals surface area contributed by atoms with Gasteiger partial charge in [-0.3, -0.25) is 19.6 Å². The number of nitrogens with two attached hydrogens (primary N) is 1. The third-order valence-electron chi connectivity index (χ3n) is 5.69. The summed E-state index contributed by atoms with van der Waals surface area (Å²) in [5.41, 5.74) is 7.60. The van der Waals surface area contributed by atoms with Crippen molar-refractivity contribution in [2.75, 3.05) is 32.7 Å². The van der Waals surface area contributed by atoms with Crippen molar-refractivity contribution >= 4 is 11.8 Å². The van der Waals surface area contributed by atoms with Crippen molar-refractivity contribution in [3.63, 3.8) is 0 Å². The Morgan fingerprint density at radius 3 is 2.62 bits per heavy atom. The molecule has 1 atom stereocenters. The number of rotatable bonds is 5. The average Bonchev–Trinajstić information content (AvgIpc) is 3.11. The van der Waals surface area contributed by atoms with E-state index in [1.165, 1.54) is 5.69 Å². The zero-order valence-electron chi connectivity index (χ0n) is 15.9. The molecule has 3 rings (SSSR count). The van der Waals surface area contributed by atoms with E-state index in [0.29, 0.717) is 18.4 Å². The summed E-state index contributed by atoms with van der Waals surface area (Å²) in [4.78, 5) is 28.0. The minimum atomic E-state index is -0.320. The van der Waals surface area contributed by atoms with Crippen LogP contribution in [0.3, 0.4) is 0 Å².